The Labute approximate surface area is 121 Å². The van der Waals surface area contributed by atoms with Gasteiger partial charge in [-0.2, -0.15) is 0 Å². The number of nitrogens with two attached hydrogens (primary N) is 1. The van der Waals surface area contributed by atoms with Crippen LogP contribution in [0.3, 0.4) is 0 Å². The molecule has 2 N–H and O–H groups in total. The molecule has 0 aliphatic carbocycles. The van der Waals surface area contributed by atoms with E-state index in [1.807, 2.05) is 28.8 Å². The van der Waals surface area contributed by atoms with Crippen molar-refractivity contribution < 1.29 is 8.78 Å². The smallest absolute Gasteiger partial charge is 0.129 e. The fourth-order valence-corrected chi connectivity index (χ4v) is 2.46. The van der Waals surface area contributed by atoms with Crippen LogP contribution in [-0.4, -0.2) is 15.6 Å². The van der Waals surface area contributed by atoms with Gasteiger partial charge in [-0.15, -0.1) is 0 Å². The van der Waals surface area contributed by atoms with Crippen LogP contribution in [0.25, 0.3) is 11.0 Å². The third kappa shape index (κ3) is 2.78. The Morgan fingerprint density at radius 3 is 2.52 bits per heavy atom. The van der Waals surface area contributed by atoms with Gasteiger partial charge in [-0.25, -0.2) is 13.8 Å². The van der Waals surface area contributed by atoms with Gasteiger partial charge in [0, 0.05) is 18.2 Å². The summed E-state index contributed by atoms with van der Waals surface area (Å²) in [4.78, 5) is 4.27. The number of halogens is 2. The molecule has 0 amide bonds. The van der Waals surface area contributed by atoms with Crippen molar-refractivity contribution in [3.05, 3.63) is 66.0 Å². The van der Waals surface area contributed by atoms with E-state index in [0.29, 0.717) is 6.54 Å². The van der Waals surface area contributed by atoms with Gasteiger partial charge in [-0.3, -0.25) is 0 Å². The molecule has 3 rings (SSSR count). The number of fused-ring (bicyclic) bond motifs is 1. The monoisotopic (exact) mass is 287 g/mol. The highest BCUT2D eigenvalue weighted by Crippen LogP contribution is 2.16. The van der Waals surface area contributed by atoms with E-state index in [1.165, 1.54) is 18.2 Å². The van der Waals surface area contributed by atoms with Crippen molar-refractivity contribution in [2.45, 2.75) is 19.0 Å². The second kappa shape index (κ2) is 5.61. The minimum atomic E-state index is -0.555. The number of nitrogens with zero attached hydrogens (tertiary/aromatic N) is 2. The van der Waals surface area contributed by atoms with Gasteiger partial charge in [0.25, 0.3) is 0 Å². The molecule has 0 fully saturated rings. The molecule has 0 bridgehead atoms. The molecule has 3 nitrogen and oxygen atoms in total. The lowest BCUT2D eigenvalue weighted by atomic mass is 10.1. The fraction of sp³-hybridized carbons (Fsp3) is 0.188. The van der Waals surface area contributed by atoms with Crippen molar-refractivity contribution >= 4 is 11.0 Å². The van der Waals surface area contributed by atoms with E-state index in [-0.39, 0.29) is 12.0 Å². The molecule has 108 valence electrons. The number of hydrogen-bond donors (Lipinski definition) is 1. The lowest BCUT2D eigenvalue weighted by Gasteiger charge is -2.14. The first kappa shape index (κ1) is 13.7. The van der Waals surface area contributed by atoms with Crippen LogP contribution in [0.1, 0.15) is 5.56 Å². The topological polar surface area (TPSA) is 43.8 Å². The Bertz CT molecular complexity index is 747. The highest BCUT2D eigenvalue weighted by Gasteiger charge is 2.14. The zero-order valence-corrected chi connectivity index (χ0v) is 11.3. The third-order valence-electron chi connectivity index (χ3n) is 3.49. The molecule has 0 saturated carbocycles. The zero-order valence-electron chi connectivity index (χ0n) is 11.3. The average Bonchev–Trinajstić information content (AvgIpc) is 2.87. The van der Waals surface area contributed by atoms with Crippen molar-refractivity contribution in [3.8, 4) is 0 Å². The number of hydrogen-bond acceptors (Lipinski definition) is 2. The van der Waals surface area contributed by atoms with Crippen LogP contribution in [0.15, 0.2) is 48.8 Å². The first-order valence-corrected chi connectivity index (χ1v) is 6.73. The van der Waals surface area contributed by atoms with E-state index in [9.17, 15) is 8.78 Å². The van der Waals surface area contributed by atoms with Crippen molar-refractivity contribution in [1.82, 2.24) is 9.55 Å². The highest BCUT2D eigenvalue weighted by atomic mass is 19.1. The van der Waals surface area contributed by atoms with Gasteiger partial charge in [-0.1, -0.05) is 18.2 Å². The molecule has 0 spiro atoms. The SMILES string of the molecule is NC(Cc1c(F)cccc1F)Cn1cnc2ccccc21. The summed E-state index contributed by atoms with van der Waals surface area (Å²) in [7, 11) is 0. The first-order valence-electron chi connectivity index (χ1n) is 6.73. The summed E-state index contributed by atoms with van der Waals surface area (Å²) in [5.41, 5.74) is 7.92. The van der Waals surface area contributed by atoms with Gasteiger partial charge >= 0.3 is 0 Å². The van der Waals surface area contributed by atoms with Gasteiger partial charge in [0.15, 0.2) is 0 Å². The molecule has 1 atom stereocenters. The molecule has 0 radical (unpaired) electrons. The summed E-state index contributed by atoms with van der Waals surface area (Å²) < 4.78 is 29.2. The summed E-state index contributed by atoms with van der Waals surface area (Å²) in [6, 6.07) is 11.1. The lowest BCUT2D eigenvalue weighted by Crippen LogP contribution is -2.29. The van der Waals surface area contributed by atoms with E-state index in [2.05, 4.69) is 4.98 Å². The van der Waals surface area contributed by atoms with Crippen LogP contribution in [-0.2, 0) is 13.0 Å². The molecular formula is C16H15F2N3. The van der Waals surface area contributed by atoms with Gasteiger partial charge in [0.2, 0.25) is 0 Å². The largest absolute Gasteiger partial charge is 0.329 e. The van der Waals surface area contributed by atoms with Crippen molar-refractivity contribution in [2.75, 3.05) is 0 Å². The quantitative estimate of drug-likeness (QED) is 0.802. The summed E-state index contributed by atoms with van der Waals surface area (Å²) in [5, 5.41) is 0. The standard InChI is InChI=1S/C16H15F2N3/c17-13-4-3-5-14(18)12(13)8-11(19)9-21-10-20-15-6-1-2-7-16(15)21/h1-7,10-11H,8-9,19H2. The third-order valence-corrected chi connectivity index (χ3v) is 3.49. The second-order valence-electron chi connectivity index (χ2n) is 5.05. The Morgan fingerprint density at radius 1 is 1.05 bits per heavy atom. The number of benzene rings is 2. The summed E-state index contributed by atoms with van der Waals surface area (Å²) in [6.07, 6.45) is 1.84. The van der Waals surface area contributed by atoms with E-state index >= 15 is 0 Å². The summed E-state index contributed by atoms with van der Waals surface area (Å²) in [6.45, 7) is 0.453. The van der Waals surface area contributed by atoms with Crippen LogP contribution in [0.5, 0.6) is 0 Å². The zero-order chi connectivity index (χ0) is 14.8. The van der Waals surface area contributed by atoms with Crippen molar-refractivity contribution in [2.24, 2.45) is 5.73 Å². The van der Waals surface area contributed by atoms with Crippen LogP contribution in [0, 0.1) is 11.6 Å². The molecule has 2 aromatic carbocycles. The van der Waals surface area contributed by atoms with Crippen molar-refractivity contribution in [1.29, 1.82) is 0 Å². The Hall–Kier alpha value is -2.27. The first-order chi connectivity index (χ1) is 10.1. The van der Waals surface area contributed by atoms with E-state index < -0.39 is 17.7 Å². The molecule has 21 heavy (non-hydrogen) atoms. The number of imidazole rings is 1. The molecule has 3 aromatic rings. The predicted octanol–water partition coefficient (Wildman–Crippen LogP) is 2.88. The Kier molecular flexibility index (Phi) is 3.66. The molecule has 1 aromatic heterocycles. The molecule has 0 saturated heterocycles. The van der Waals surface area contributed by atoms with Crippen LogP contribution < -0.4 is 5.73 Å². The second-order valence-corrected chi connectivity index (χ2v) is 5.05. The maximum Gasteiger partial charge on any atom is 0.129 e. The van der Waals surface area contributed by atoms with E-state index in [1.54, 1.807) is 6.33 Å². The molecule has 0 aliphatic heterocycles. The minimum Gasteiger partial charge on any atom is -0.329 e. The maximum atomic E-state index is 13.6. The van der Waals surface area contributed by atoms with Crippen molar-refractivity contribution in [3.63, 3.8) is 0 Å². The van der Waals surface area contributed by atoms with Gasteiger partial charge in [0.1, 0.15) is 11.6 Å². The Morgan fingerprint density at radius 2 is 1.76 bits per heavy atom. The van der Waals surface area contributed by atoms with Gasteiger partial charge in [-0.05, 0) is 30.7 Å². The maximum absolute atomic E-state index is 13.6. The highest BCUT2D eigenvalue weighted by molar-refractivity contribution is 5.74. The fourth-order valence-electron chi connectivity index (χ4n) is 2.46. The Balaban J connectivity index is 1.79. The number of rotatable bonds is 4. The van der Waals surface area contributed by atoms with Crippen LogP contribution in [0.2, 0.25) is 0 Å². The molecule has 1 heterocycles. The van der Waals surface area contributed by atoms with Crippen LogP contribution in [0.4, 0.5) is 8.78 Å². The molecule has 5 heteroatoms. The van der Waals surface area contributed by atoms with E-state index in [0.717, 1.165) is 11.0 Å². The average molecular weight is 287 g/mol. The normalized spacial score (nSPS) is 12.7. The molecular weight excluding hydrogens is 272 g/mol. The van der Waals surface area contributed by atoms with Gasteiger partial charge < -0.3 is 10.3 Å². The molecule has 0 aliphatic rings. The molecule has 1 unspecified atom stereocenters. The van der Waals surface area contributed by atoms with Crippen LogP contribution >= 0.6 is 0 Å². The minimum absolute atomic E-state index is 0.0365. The summed E-state index contributed by atoms with van der Waals surface area (Å²) in [5.74, 6) is -1.11. The van der Waals surface area contributed by atoms with E-state index in [4.69, 9.17) is 5.73 Å². The predicted molar refractivity (Wildman–Crippen MR) is 77.8 cm³/mol. The number of aromatic nitrogens is 2. The summed E-state index contributed by atoms with van der Waals surface area (Å²) >= 11 is 0. The lowest BCUT2D eigenvalue weighted by molar-refractivity contribution is 0.507. The number of para-hydroxylation sites is 2. The van der Waals surface area contributed by atoms with Gasteiger partial charge in [0.05, 0.1) is 17.4 Å².